The second-order valence-electron chi connectivity index (χ2n) is 9.09. The molecule has 3 aromatic carbocycles. The number of carbonyl (C=O) groups is 1. The molecular formula is C29H35ClN2O. The van der Waals surface area contributed by atoms with Crippen molar-refractivity contribution in [1.29, 1.82) is 0 Å². The number of hydrogen-bond acceptors (Lipinski definition) is 2. The maximum Gasteiger partial charge on any atom is 0.254 e. The number of nitrogens with one attached hydrogen (secondary N) is 1. The summed E-state index contributed by atoms with van der Waals surface area (Å²) in [6.45, 7) is 7.10. The highest BCUT2D eigenvalue weighted by Gasteiger charge is 2.32. The van der Waals surface area contributed by atoms with Crippen molar-refractivity contribution in [2.75, 3.05) is 11.9 Å². The highest BCUT2D eigenvalue weighted by molar-refractivity contribution is 5.95. The van der Waals surface area contributed by atoms with Crippen LogP contribution in [-0.2, 0) is 12.8 Å². The Balaban J connectivity index is 0.00000306. The van der Waals surface area contributed by atoms with Gasteiger partial charge in [-0.3, -0.25) is 4.79 Å². The first kappa shape index (κ1) is 24.9. The third-order valence-electron chi connectivity index (χ3n) is 6.52. The fourth-order valence-electron chi connectivity index (χ4n) is 4.98. The Morgan fingerprint density at radius 3 is 2.33 bits per heavy atom. The van der Waals surface area contributed by atoms with Crippen LogP contribution >= 0.6 is 12.4 Å². The quantitative estimate of drug-likeness (QED) is 0.446. The minimum Gasteiger partial charge on any atom is -0.382 e. The number of para-hydroxylation sites is 1. The van der Waals surface area contributed by atoms with Crippen molar-refractivity contribution in [3.8, 4) is 0 Å². The number of nitrogens with zero attached hydrogens (tertiary/aromatic N) is 1. The summed E-state index contributed by atoms with van der Waals surface area (Å²) in [6, 6.07) is 25.8. The number of anilines is 1. The summed E-state index contributed by atoms with van der Waals surface area (Å²) < 4.78 is 0. The SMILES string of the molecule is CCc1ccccc1N[C@@H]1CCN(C(=O)c2cc(C)cc(C)c2)[C@H](Cc2ccccc2)C1.Cl. The largest absolute Gasteiger partial charge is 0.382 e. The Bertz CT molecular complexity index is 1050. The van der Waals surface area contributed by atoms with E-state index in [2.05, 4.69) is 91.7 Å². The molecule has 1 fully saturated rings. The van der Waals surface area contributed by atoms with Gasteiger partial charge in [-0.15, -0.1) is 12.4 Å². The number of piperidine rings is 1. The van der Waals surface area contributed by atoms with Crippen molar-refractivity contribution in [1.82, 2.24) is 4.90 Å². The van der Waals surface area contributed by atoms with Crippen molar-refractivity contribution in [3.05, 3.63) is 101 Å². The van der Waals surface area contributed by atoms with Crippen LogP contribution in [0.4, 0.5) is 5.69 Å². The second-order valence-corrected chi connectivity index (χ2v) is 9.09. The first-order valence-electron chi connectivity index (χ1n) is 11.8. The van der Waals surface area contributed by atoms with Crippen LogP contribution in [0.25, 0.3) is 0 Å². The number of aryl methyl sites for hydroxylation is 3. The molecule has 0 aromatic heterocycles. The summed E-state index contributed by atoms with van der Waals surface area (Å²) in [5.74, 6) is 0.158. The topological polar surface area (TPSA) is 32.3 Å². The Morgan fingerprint density at radius 2 is 1.64 bits per heavy atom. The zero-order valence-electron chi connectivity index (χ0n) is 19.9. The number of halogens is 1. The molecule has 33 heavy (non-hydrogen) atoms. The highest BCUT2D eigenvalue weighted by atomic mass is 35.5. The van der Waals surface area contributed by atoms with Crippen LogP contribution in [0.1, 0.15) is 52.4 Å². The Labute approximate surface area is 204 Å². The highest BCUT2D eigenvalue weighted by Crippen LogP contribution is 2.27. The summed E-state index contributed by atoms with van der Waals surface area (Å²) in [5.41, 5.74) is 6.95. The van der Waals surface area contributed by atoms with Crippen LogP contribution in [-0.4, -0.2) is 29.4 Å². The van der Waals surface area contributed by atoms with Crippen molar-refractivity contribution in [2.24, 2.45) is 0 Å². The van der Waals surface area contributed by atoms with E-state index in [1.165, 1.54) is 16.8 Å². The predicted molar refractivity (Wildman–Crippen MR) is 141 cm³/mol. The van der Waals surface area contributed by atoms with Gasteiger partial charge in [-0.25, -0.2) is 0 Å². The number of carbonyl (C=O) groups excluding carboxylic acids is 1. The molecule has 1 N–H and O–H groups in total. The van der Waals surface area contributed by atoms with Gasteiger partial charge in [0.1, 0.15) is 0 Å². The molecule has 0 radical (unpaired) electrons. The monoisotopic (exact) mass is 462 g/mol. The van der Waals surface area contributed by atoms with E-state index in [0.717, 1.165) is 48.9 Å². The first-order chi connectivity index (χ1) is 15.5. The molecule has 0 saturated carbocycles. The molecule has 1 heterocycles. The fraction of sp³-hybridized carbons (Fsp3) is 0.345. The summed E-state index contributed by atoms with van der Waals surface area (Å²) in [5, 5.41) is 3.80. The molecule has 0 bridgehead atoms. The van der Waals surface area contributed by atoms with Crippen molar-refractivity contribution >= 4 is 24.0 Å². The van der Waals surface area contributed by atoms with Crippen LogP contribution < -0.4 is 5.32 Å². The molecule has 2 atom stereocenters. The number of hydrogen-bond donors (Lipinski definition) is 1. The predicted octanol–water partition coefficient (Wildman–Crippen LogP) is 6.62. The standard InChI is InChI=1S/C29H34N2O.ClH/c1-4-24-12-8-9-13-28(24)30-26-14-15-31(27(20-26)19-23-10-6-5-7-11-23)29(32)25-17-21(2)16-22(3)18-25;/h5-13,16-18,26-27,30H,4,14-15,19-20H2,1-3H3;1H/t26-,27-;/m1./s1. The molecule has 1 saturated heterocycles. The van der Waals surface area contributed by atoms with Gasteiger partial charge in [0.15, 0.2) is 0 Å². The summed E-state index contributed by atoms with van der Waals surface area (Å²) in [4.78, 5) is 15.7. The van der Waals surface area contributed by atoms with Gasteiger partial charge in [-0.05, 0) is 68.9 Å². The van der Waals surface area contributed by atoms with Crippen LogP contribution in [0.15, 0.2) is 72.8 Å². The average molecular weight is 463 g/mol. The number of benzene rings is 3. The van der Waals surface area contributed by atoms with Gasteiger partial charge in [0.05, 0.1) is 0 Å². The van der Waals surface area contributed by atoms with Gasteiger partial charge in [0.25, 0.3) is 5.91 Å². The molecule has 0 aliphatic carbocycles. The van der Waals surface area contributed by atoms with Gasteiger partial charge in [0.2, 0.25) is 0 Å². The van der Waals surface area contributed by atoms with Crippen molar-refractivity contribution < 1.29 is 4.79 Å². The first-order valence-corrected chi connectivity index (χ1v) is 11.8. The number of likely N-dealkylation sites (tertiary alicyclic amines) is 1. The normalized spacial score (nSPS) is 17.8. The zero-order chi connectivity index (χ0) is 22.5. The Kier molecular flexibility index (Phi) is 8.57. The van der Waals surface area contributed by atoms with Crippen LogP contribution in [0.2, 0.25) is 0 Å². The minimum atomic E-state index is 0. The number of rotatable bonds is 6. The minimum absolute atomic E-state index is 0. The third kappa shape index (κ3) is 6.17. The lowest BCUT2D eigenvalue weighted by Crippen LogP contribution is -2.50. The van der Waals surface area contributed by atoms with Crippen molar-refractivity contribution in [2.45, 2.75) is 58.5 Å². The molecule has 4 rings (SSSR count). The molecule has 1 aliphatic heterocycles. The summed E-state index contributed by atoms with van der Waals surface area (Å²) in [6.07, 6.45) is 3.80. The second kappa shape index (κ2) is 11.4. The van der Waals surface area contributed by atoms with E-state index < -0.39 is 0 Å². The smallest absolute Gasteiger partial charge is 0.254 e. The molecule has 174 valence electrons. The lowest BCUT2D eigenvalue weighted by Gasteiger charge is -2.40. The van der Waals surface area contributed by atoms with E-state index in [-0.39, 0.29) is 24.4 Å². The van der Waals surface area contributed by atoms with E-state index in [1.807, 2.05) is 12.1 Å². The zero-order valence-corrected chi connectivity index (χ0v) is 20.7. The van der Waals surface area contributed by atoms with Crippen molar-refractivity contribution in [3.63, 3.8) is 0 Å². The molecule has 1 amide bonds. The fourth-order valence-corrected chi connectivity index (χ4v) is 4.98. The molecule has 3 aromatic rings. The Hall–Kier alpha value is -2.78. The van der Waals surface area contributed by atoms with Gasteiger partial charge in [-0.1, -0.05) is 72.6 Å². The molecule has 0 spiro atoms. The maximum atomic E-state index is 13.6. The van der Waals surface area contributed by atoms with E-state index in [9.17, 15) is 4.79 Å². The van der Waals surface area contributed by atoms with E-state index >= 15 is 0 Å². The molecule has 0 unspecified atom stereocenters. The van der Waals surface area contributed by atoms with Gasteiger partial charge < -0.3 is 10.2 Å². The average Bonchev–Trinajstić information content (AvgIpc) is 2.79. The lowest BCUT2D eigenvalue weighted by molar-refractivity contribution is 0.0602. The van der Waals surface area contributed by atoms with Gasteiger partial charge >= 0.3 is 0 Å². The molecular weight excluding hydrogens is 428 g/mol. The van der Waals surface area contributed by atoms with Crippen LogP contribution in [0.3, 0.4) is 0 Å². The summed E-state index contributed by atoms with van der Waals surface area (Å²) in [7, 11) is 0. The molecule has 1 aliphatic rings. The molecule has 4 heteroatoms. The van der Waals surface area contributed by atoms with E-state index in [4.69, 9.17) is 0 Å². The van der Waals surface area contributed by atoms with Gasteiger partial charge in [0, 0.05) is 29.9 Å². The maximum absolute atomic E-state index is 13.6. The third-order valence-corrected chi connectivity index (χ3v) is 6.52. The van der Waals surface area contributed by atoms with Crippen LogP contribution in [0.5, 0.6) is 0 Å². The van der Waals surface area contributed by atoms with Crippen LogP contribution in [0, 0.1) is 13.8 Å². The summed E-state index contributed by atoms with van der Waals surface area (Å²) >= 11 is 0. The lowest BCUT2D eigenvalue weighted by atomic mass is 9.90. The van der Waals surface area contributed by atoms with E-state index in [1.54, 1.807) is 0 Å². The van der Waals surface area contributed by atoms with E-state index in [0.29, 0.717) is 6.04 Å². The Morgan fingerprint density at radius 1 is 0.970 bits per heavy atom. The van der Waals surface area contributed by atoms with Gasteiger partial charge in [-0.2, -0.15) is 0 Å². The number of amides is 1. The molecule has 3 nitrogen and oxygen atoms in total.